The average molecular weight is 235 g/mol. The number of likely N-dealkylation sites (N-methyl/N-ethyl adjacent to an activating group) is 1. The number of benzene rings is 1. The number of fused-ring (bicyclic) bond motifs is 1. The molecule has 0 aliphatic heterocycles. The molecule has 1 unspecified atom stereocenters. The molecular weight excluding hydrogens is 218 g/mol. The van der Waals surface area contributed by atoms with E-state index in [9.17, 15) is 4.79 Å². The second-order valence-corrected chi connectivity index (χ2v) is 4.52. The molecule has 0 aliphatic carbocycles. The monoisotopic (exact) mass is 235 g/mol. The number of nitrogens with one attached hydrogen (secondary N) is 1. The van der Waals surface area contributed by atoms with Crippen LogP contribution in [0.15, 0.2) is 27.4 Å². The zero-order valence-electron chi connectivity index (χ0n) is 10.1. The SMILES string of the molecule is CC(N)CN(C)Cc1ccc2oc(=O)[nH]c2c1. The smallest absolute Gasteiger partial charge is 0.408 e. The molecule has 3 N–H and O–H groups in total. The van der Waals surface area contributed by atoms with Crippen molar-refractivity contribution in [2.45, 2.75) is 19.5 Å². The summed E-state index contributed by atoms with van der Waals surface area (Å²) in [5.41, 5.74) is 8.19. The van der Waals surface area contributed by atoms with Crippen molar-refractivity contribution < 1.29 is 4.42 Å². The first-order chi connectivity index (χ1) is 8.04. The van der Waals surface area contributed by atoms with Gasteiger partial charge in [0.2, 0.25) is 0 Å². The van der Waals surface area contributed by atoms with Gasteiger partial charge < -0.3 is 15.1 Å². The summed E-state index contributed by atoms with van der Waals surface area (Å²) in [4.78, 5) is 15.8. The number of aromatic nitrogens is 1. The molecule has 1 aromatic carbocycles. The fraction of sp³-hybridized carbons (Fsp3) is 0.417. The summed E-state index contributed by atoms with van der Waals surface area (Å²) < 4.78 is 4.95. The van der Waals surface area contributed by atoms with Gasteiger partial charge in [-0.15, -0.1) is 0 Å². The van der Waals surface area contributed by atoms with E-state index in [4.69, 9.17) is 10.2 Å². The Bertz CT molecular complexity index is 556. The maximum absolute atomic E-state index is 11.0. The fourth-order valence-corrected chi connectivity index (χ4v) is 1.97. The van der Waals surface area contributed by atoms with Crippen LogP contribution in [0.4, 0.5) is 0 Å². The van der Waals surface area contributed by atoms with Crippen molar-refractivity contribution in [3.8, 4) is 0 Å². The molecule has 1 atom stereocenters. The molecule has 1 heterocycles. The maximum Gasteiger partial charge on any atom is 0.417 e. The van der Waals surface area contributed by atoms with Gasteiger partial charge >= 0.3 is 5.76 Å². The van der Waals surface area contributed by atoms with Gasteiger partial charge in [-0.05, 0) is 31.7 Å². The van der Waals surface area contributed by atoms with Gasteiger partial charge in [0, 0.05) is 19.1 Å². The molecule has 17 heavy (non-hydrogen) atoms. The fourth-order valence-electron chi connectivity index (χ4n) is 1.97. The Morgan fingerprint density at radius 3 is 3.00 bits per heavy atom. The molecular formula is C12H17N3O2. The van der Waals surface area contributed by atoms with Crippen molar-refractivity contribution in [1.29, 1.82) is 0 Å². The van der Waals surface area contributed by atoms with E-state index in [1.54, 1.807) is 0 Å². The highest BCUT2D eigenvalue weighted by Crippen LogP contribution is 2.13. The Morgan fingerprint density at radius 1 is 1.53 bits per heavy atom. The summed E-state index contributed by atoms with van der Waals surface area (Å²) in [5.74, 6) is -0.416. The quantitative estimate of drug-likeness (QED) is 0.825. The average Bonchev–Trinajstić information content (AvgIpc) is 2.55. The summed E-state index contributed by atoms with van der Waals surface area (Å²) in [6.45, 7) is 3.61. The summed E-state index contributed by atoms with van der Waals surface area (Å²) in [5, 5.41) is 0. The third-order valence-corrected chi connectivity index (χ3v) is 2.54. The molecule has 0 radical (unpaired) electrons. The number of H-pyrrole nitrogens is 1. The molecule has 5 nitrogen and oxygen atoms in total. The van der Waals surface area contributed by atoms with Gasteiger partial charge in [0.05, 0.1) is 5.52 Å². The van der Waals surface area contributed by atoms with Crippen molar-refractivity contribution >= 4 is 11.1 Å². The van der Waals surface area contributed by atoms with Crippen LogP contribution in [0.5, 0.6) is 0 Å². The van der Waals surface area contributed by atoms with Crippen molar-refractivity contribution in [3.63, 3.8) is 0 Å². The van der Waals surface area contributed by atoms with Gasteiger partial charge in [0.15, 0.2) is 5.58 Å². The van der Waals surface area contributed by atoms with Gasteiger partial charge in [-0.25, -0.2) is 4.79 Å². The number of rotatable bonds is 4. The van der Waals surface area contributed by atoms with Crippen molar-refractivity contribution in [2.75, 3.05) is 13.6 Å². The van der Waals surface area contributed by atoms with Crippen molar-refractivity contribution in [3.05, 3.63) is 34.3 Å². The van der Waals surface area contributed by atoms with E-state index >= 15 is 0 Å². The lowest BCUT2D eigenvalue weighted by molar-refractivity contribution is 0.310. The van der Waals surface area contributed by atoms with Crippen LogP contribution in [0.25, 0.3) is 11.1 Å². The van der Waals surface area contributed by atoms with Crippen molar-refractivity contribution in [2.24, 2.45) is 5.73 Å². The summed E-state index contributed by atoms with van der Waals surface area (Å²) in [7, 11) is 2.02. The zero-order valence-corrected chi connectivity index (χ0v) is 10.1. The second kappa shape index (κ2) is 4.73. The first-order valence-corrected chi connectivity index (χ1v) is 5.60. The van der Waals surface area contributed by atoms with E-state index in [-0.39, 0.29) is 6.04 Å². The zero-order chi connectivity index (χ0) is 12.4. The predicted molar refractivity (Wildman–Crippen MR) is 66.8 cm³/mol. The molecule has 0 spiro atoms. The van der Waals surface area contributed by atoms with E-state index < -0.39 is 5.76 Å². The summed E-state index contributed by atoms with van der Waals surface area (Å²) in [6, 6.07) is 5.84. The number of nitrogens with two attached hydrogens (primary N) is 1. The van der Waals surface area contributed by atoms with Crippen LogP contribution in [0, 0.1) is 0 Å². The van der Waals surface area contributed by atoms with Gasteiger partial charge in [-0.1, -0.05) is 6.07 Å². The summed E-state index contributed by atoms with van der Waals surface area (Å²) >= 11 is 0. The van der Waals surface area contributed by atoms with Crippen LogP contribution < -0.4 is 11.5 Å². The lowest BCUT2D eigenvalue weighted by Crippen LogP contribution is -2.32. The van der Waals surface area contributed by atoms with Crippen LogP contribution in [-0.2, 0) is 6.54 Å². The topological polar surface area (TPSA) is 75.3 Å². The third kappa shape index (κ3) is 2.95. The van der Waals surface area contributed by atoms with Gasteiger partial charge in [-0.2, -0.15) is 0 Å². The number of hydrogen-bond donors (Lipinski definition) is 2. The Balaban J connectivity index is 2.16. The Hall–Kier alpha value is -1.59. The molecule has 0 aliphatic rings. The predicted octanol–water partition coefficient (Wildman–Crippen LogP) is 0.900. The molecule has 1 aromatic heterocycles. The summed E-state index contributed by atoms with van der Waals surface area (Å²) in [6.07, 6.45) is 0. The minimum atomic E-state index is -0.416. The normalized spacial score (nSPS) is 13.4. The lowest BCUT2D eigenvalue weighted by atomic mass is 10.2. The standard InChI is InChI=1S/C12H17N3O2/c1-8(13)6-15(2)7-9-3-4-11-10(5-9)14-12(16)17-11/h3-5,8H,6-7,13H2,1-2H3,(H,14,16). The van der Waals surface area contributed by atoms with Crippen LogP contribution in [0.2, 0.25) is 0 Å². The molecule has 0 saturated heterocycles. The van der Waals surface area contributed by atoms with Crippen LogP contribution in [0.1, 0.15) is 12.5 Å². The van der Waals surface area contributed by atoms with E-state index in [0.717, 1.165) is 24.2 Å². The molecule has 0 saturated carbocycles. The van der Waals surface area contributed by atoms with E-state index in [1.807, 2.05) is 32.2 Å². The molecule has 5 heteroatoms. The molecule has 2 rings (SSSR count). The molecule has 0 amide bonds. The third-order valence-electron chi connectivity index (χ3n) is 2.54. The van der Waals surface area contributed by atoms with Gasteiger partial charge in [0.1, 0.15) is 0 Å². The van der Waals surface area contributed by atoms with E-state index in [0.29, 0.717) is 5.58 Å². The van der Waals surface area contributed by atoms with E-state index in [1.165, 1.54) is 0 Å². The lowest BCUT2D eigenvalue weighted by Gasteiger charge is -2.18. The van der Waals surface area contributed by atoms with Crippen LogP contribution in [0.3, 0.4) is 0 Å². The van der Waals surface area contributed by atoms with E-state index in [2.05, 4.69) is 9.88 Å². The number of oxazole rings is 1. The van der Waals surface area contributed by atoms with Gasteiger partial charge in [0.25, 0.3) is 0 Å². The first-order valence-electron chi connectivity index (χ1n) is 5.60. The highest BCUT2D eigenvalue weighted by molar-refractivity contribution is 5.72. The Labute approximate surface area is 99.2 Å². The number of aromatic amines is 1. The van der Waals surface area contributed by atoms with Crippen LogP contribution >= 0.6 is 0 Å². The van der Waals surface area contributed by atoms with Gasteiger partial charge in [-0.3, -0.25) is 4.98 Å². The first kappa shape index (κ1) is 11.9. The number of hydrogen-bond acceptors (Lipinski definition) is 4. The second-order valence-electron chi connectivity index (χ2n) is 4.52. The molecule has 2 aromatic rings. The maximum atomic E-state index is 11.0. The highest BCUT2D eigenvalue weighted by atomic mass is 16.4. The molecule has 0 fully saturated rings. The Morgan fingerprint density at radius 2 is 2.29 bits per heavy atom. The minimum Gasteiger partial charge on any atom is -0.408 e. The largest absolute Gasteiger partial charge is 0.417 e. The highest BCUT2D eigenvalue weighted by Gasteiger charge is 2.06. The minimum absolute atomic E-state index is 0.150. The van der Waals surface area contributed by atoms with Crippen LogP contribution in [-0.4, -0.2) is 29.5 Å². The molecule has 0 bridgehead atoms. The Kier molecular flexibility index (Phi) is 3.31. The van der Waals surface area contributed by atoms with Crippen molar-refractivity contribution in [1.82, 2.24) is 9.88 Å². The number of nitrogens with zero attached hydrogens (tertiary/aromatic N) is 1. The molecule has 92 valence electrons.